The zero-order chi connectivity index (χ0) is 22.4. The average molecular weight is 422 g/mol. The van der Waals surface area contributed by atoms with Crippen molar-refractivity contribution in [1.29, 1.82) is 5.26 Å². The van der Waals surface area contributed by atoms with E-state index >= 15 is 0 Å². The molecule has 0 radical (unpaired) electrons. The molecule has 5 nitrogen and oxygen atoms in total. The maximum Gasteiger partial charge on any atom is 0.251 e. The molecule has 0 spiro atoms. The number of nitrogens with zero attached hydrogens (tertiary/aromatic N) is 1. The van der Waals surface area contributed by atoms with Crippen LogP contribution in [0.2, 0.25) is 0 Å². The van der Waals surface area contributed by atoms with Crippen LogP contribution >= 0.6 is 0 Å². The van der Waals surface area contributed by atoms with Crippen molar-refractivity contribution in [1.82, 2.24) is 10.6 Å². The molecule has 1 saturated carbocycles. The quantitative estimate of drug-likeness (QED) is 0.632. The molecule has 3 rings (SSSR count). The summed E-state index contributed by atoms with van der Waals surface area (Å²) in [6.45, 7) is 7.16. The second kappa shape index (κ2) is 10.6. The van der Waals surface area contributed by atoms with E-state index in [0.717, 1.165) is 19.3 Å². The summed E-state index contributed by atoms with van der Waals surface area (Å²) in [7, 11) is 0. The molecule has 0 heterocycles. The lowest BCUT2D eigenvalue weighted by Crippen LogP contribution is -2.38. The van der Waals surface area contributed by atoms with Gasteiger partial charge in [0.2, 0.25) is 5.91 Å². The second-order valence-corrected chi connectivity index (χ2v) is 9.57. The molecule has 166 valence electrons. The molecule has 0 aliphatic heterocycles. The van der Waals surface area contributed by atoms with Gasteiger partial charge in [-0.1, -0.05) is 38.3 Å². The molecule has 31 heavy (non-hydrogen) atoms. The fourth-order valence-corrected chi connectivity index (χ4v) is 5.10. The normalized spacial score (nSPS) is 23.8. The first-order valence-electron chi connectivity index (χ1n) is 11.6. The van der Waals surface area contributed by atoms with E-state index in [0.29, 0.717) is 42.0 Å². The van der Waals surface area contributed by atoms with Crippen LogP contribution in [0.15, 0.2) is 35.9 Å². The van der Waals surface area contributed by atoms with Gasteiger partial charge in [-0.15, -0.1) is 0 Å². The van der Waals surface area contributed by atoms with E-state index in [1.165, 1.54) is 18.4 Å². The monoisotopic (exact) mass is 421 g/mol. The molecule has 2 aliphatic rings. The summed E-state index contributed by atoms with van der Waals surface area (Å²) in [5.74, 6) is 1.50. The number of nitriles is 1. The molecule has 0 bridgehead atoms. The van der Waals surface area contributed by atoms with Crippen LogP contribution in [0.1, 0.15) is 75.2 Å². The van der Waals surface area contributed by atoms with E-state index in [-0.39, 0.29) is 23.7 Å². The van der Waals surface area contributed by atoms with Crippen molar-refractivity contribution in [2.45, 2.75) is 65.3 Å². The van der Waals surface area contributed by atoms with Gasteiger partial charge in [0.15, 0.2) is 0 Å². The number of benzene rings is 1. The number of carbonyl (C=O) groups excluding carboxylic acids is 2. The Morgan fingerprint density at radius 3 is 2.45 bits per heavy atom. The average Bonchev–Trinajstić information content (AvgIpc) is 3.26. The molecule has 3 atom stereocenters. The molecule has 2 N–H and O–H groups in total. The standard InChI is InChI=1S/C26H35N3O2/c1-17(2)24-13-21(14-25(30)29-23-6-4-5-7-23)18(3)12-22(24)16-28-26(31)20-10-8-19(15-27)9-11-20/h8-12,17,21-24H,4-7,13-14,16H2,1-3H3,(H,28,31)(H,29,30). The van der Waals surface area contributed by atoms with Gasteiger partial charge >= 0.3 is 0 Å². The predicted octanol–water partition coefficient (Wildman–Crippen LogP) is 4.59. The predicted molar refractivity (Wildman–Crippen MR) is 122 cm³/mol. The number of amides is 2. The highest BCUT2D eigenvalue weighted by molar-refractivity contribution is 5.94. The number of allylic oxidation sites excluding steroid dienone is 1. The Labute approximate surface area is 186 Å². The minimum Gasteiger partial charge on any atom is -0.353 e. The topological polar surface area (TPSA) is 82.0 Å². The number of carbonyl (C=O) groups is 2. The van der Waals surface area contributed by atoms with Gasteiger partial charge in [0.05, 0.1) is 11.6 Å². The van der Waals surface area contributed by atoms with Crippen molar-refractivity contribution in [2.75, 3.05) is 6.54 Å². The summed E-state index contributed by atoms with van der Waals surface area (Å²) in [6.07, 6.45) is 8.49. The Morgan fingerprint density at radius 1 is 1.16 bits per heavy atom. The first kappa shape index (κ1) is 23.1. The van der Waals surface area contributed by atoms with Gasteiger partial charge in [-0.05, 0) is 74.1 Å². The van der Waals surface area contributed by atoms with Gasteiger partial charge in [0.1, 0.15) is 0 Å². The Kier molecular flexibility index (Phi) is 7.90. The van der Waals surface area contributed by atoms with E-state index in [1.807, 2.05) is 0 Å². The largest absolute Gasteiger partial charge is 0.353 e. The van der Waals surface area contributed by atoms with Gasteiger partial charge in [-0.25, -0.2) is 0 Å². The lowest BCUT2D eigenvalue weighted by molar-refractivity contribution is -0.122. The molecule has 1 fully saturated rings. The van der Waals surface area contributed by atoms with Crippen molar-refractivity contribution >= 4 is 11.8 Å². The smallest absolute Gasteiger partial charge is 0.251 e. The Balaban J connectivity index is 1.59. The van der Waals surface area contributed by atoms with Crippen LogP contribution in [0.4, 0.5) is 0 Å². The number of rotatable bonds is 7. The second-order valence-electron chi connectivity index (χ2n) is 9.57. The van der Waals surface area contributed by atoms with Crippen LogP contribution in [0, 0.1) is 35.0 Å². The van der Waals surface area contributed by atoms with Crippen LogP contribution in [0.5, 0.6) is 0 Å². The Hall–Kier alpha value is -2.61. The third kappa shape index (κ3) is 6.19. The Bertz CT molecular complexity index is 844. The maximum absolute atomic E-state index is 12.6. The minimum atomic E-state index is -0.115. The number of hydrogen-bond donors (Lipinski definition) is 2. The zero-order valence-electron chi connectivity index (χ0n) is 19.0. The van der Waals surface area contributed by atoms with E-state index < -0.39 is 0 Å². The molecular formula is C26H35N3O2. The summed E-state index contributed by atoms with van der Waals surface area (Å²) in [5.41, 5.74) is 2.37. The van der Waals surface area contributed by atoms with Crippen molar-refractivity contribution in [3.63, 3.8) is 0 Å². The third-order valence-electron chi connectivity index (χ3n) is 7.01. The third-order valence-corrected chi connectivity index (χ3v) is 7.01. The van der Waals surface area contributed by atoms with Crippen LogP contribution in [-0.2, 0) is 4.79 Å². The lowest BCUT2D eigenvalue weighted by Gasteiger charge is -2.37. The van der Waals surface area contributed by atoms with Crippen molar-refractivity contribution < 1.29 is 9.59 Å². The van der Waals surface area contributed by atoms with E-state index in [1.54, 1.807) is 24.3 Å². The SMILES string of the molecule is CC1=CC(CNC(=O)c2ccc(C#N)cc2)C(C(C)C)CC1CC(=O)NC1CCCC1. The van der Waals surface area contributed by atoms with E-state index in [9.17, 15) is 9.59 Å². The molecule has 3 unspecified atom stereocenters. The molecular weight excluding hydrogens is 386 g/mol. The summed E-state index contributed by atoms with van der Waals surface area (Å²) in [6, 6.07) is 9.14. The summed E-state index contributed by atoms with van der Waals surface area (Å²) >= 11 is 0. The fourth-order valence-electron chi connectivity index (χ4n) is 5.10. The first-order valence-corrected chi connectivity index (χ1v) is 11.6. The van der Waals surface area contributed by atoms with Gasteiger partial charge in [0, 0.05) is 24.6 Å². The lowest BCUT2D eigenvalue weighted by atomic mass is 9.69. The summed E-state index contributed by atoms with van der Waals surface area (Å²) in [4.78, 5) is 25.1. The minimum absolute atomic E-state index is 0.115. The fraction of sp³-hybridized carbons (Fsp3) is 0.577. The van der Waals surface area contributed by atoms with Gasteiger partial charge in [-0.2, -0.15) is 5.26 Å². The van der Waals surface area contributed by atoms with Crippen molar-refractivity contribution in [3.05, 3.63) is 47.0 Å². The summed E-state index contributed by atoms with van der Waals surface area (Å²) < 4.78 is 0. The highest BCUT2D eigenvalue weighted by atomic mass is 16.2. The summed E-state index contributed by atoms with van der Waals surface area (Å²) in [5, 5.41) is 15.2. The van der Waals surface area contributed by atoms with E-state index in [4.69, 9.17) is 5.26 Å². The van der Waals surface area contributed by atoms with Gasteiger partial charge < -0.3 is 10.6 Å². The number of nitrogens with one attached hydrogen (secondary N) is 2. The van der Waals surface area contributed by atoms with Gasteiger partial charge in [0.25, 0.3) is 5.91 Å². The van der Waals surface area contributed by atoms with Crippen LogP contribution in [0.3, 0.4) is 0 Å². The first-order chi connectivity index (χ1) is 14.9. The van der Waals surface area contributed by atoms with Crippen LogP contribution in [0.25, 0.3) is 0 Å². The molecule has 5 heteroatoms. The van der Waals surface area contributed by atoms with Crippen LogP contribution < -0.4 is 10.6 Å². The highest BCUT2D eigenvalue weighted by Crippen LogP contribution is 2.38. The maximum atomic E-state index is 12.6. The van der Waals surface area contributed by atoms with Crippen molar-refractivity contribution in [3.8, 4) is 6.07 Å². The Morgan fingerprint density at radius 2 is 1.84 bits per heavy atom. The van der Waals surface area contributed by atoms with E-state index in [2.05, 4.69) is 43.6 Å². The molecule has 2 amide bonds. The molecule has 0 saturated heterocycles. The molecule has 1 aromatic carbocycles. The number of hydrogen-bond acceptors (Lipinski definition) is 3. The molecule has 1 aromatic rings. The molecule has 2 aliphatic carbocycles. The van der Waals surface area contributed by atoms with Crippen LogP contribution in [-0.4, -0.2) is 24.4 Å². The zero-order valence-corrected chi connectivity index (χ0v) is 19.0. The van der Waals surface area contributed by atoms with Crippen molar-refractivity contribution in [2.24, 2.45) is 23.7 Å². The highest BCUT2D eigenvalue weighted by Gasteiger charge is 2.33. The molecule has 0 aromatic heterocycles. The van der Waals surface area contributed by atoms with Gasteiger partial charge in [-0.3, -0.25) is 9.59 Å².